The number of nitrogens with zero attached hydrogens (tertiary/aromatic N) is 4. The Morgan fingerprint density at radius 1 is 1.19 bits per heavy atom. The highest BCUT2D eigenvalue weighted by Crippen LogP contribution is 2.57. The molecule has 12 nitrogen and oxygen atoms in total. The normalized spacial score (nSPS) is 26.6. The van der Waals surface area contributed by atoms with E-state index < -0.39 is 44.1 Å². The second kappa shape index (κ2) is 13.8. The van der Waals surface area contributed by atoms with Crippen molar-refractivity contribution in [1.82, 2.24) is 24.5 Å². The minimum Gasteiger partial charge on any atom is -0.495 e. The molecule has 2 aliphatic carbocycles. The average molecular weight is 768 g/mol. The highest BCUT2D eigenvalue weighted by molar-refractivity contribution is 7.91. The number of sulfonamides is 1. The number of benzene rings is 1. The molecule has 2 aliphatic heterocycles. The lowest BCUT2D eigenvalue weighted by molar-refractivity contribution is -0.144. The van der Waals surface area contributed by atoms with Gasteiger partial charge in [-0.2, -0.15) is 0 Å². The number of methoxy groups -OCH3 is 1. The Morgan fingerprint density at radius 2 is 1.98 bits per heavy atom. The number of carbonyl (C=O) groups excluding carboxylic acids is 3. The van der Waals surface area contributed by atoms with Crippen LogP contribution >= 0.6 is 22.9 Å². The van der Waals surface area contributed by atoms with E-state index in [0.717, 1.165) is 19.3 Å². The predicted molar refractivity (Wildman–Crippen MR) is 200 cm³/mol. The first-order valence-corrected chi connectivity index (χ1v) is 20.2. The van der Waals surface area contributed by atoms with E-state index in [-0.39, 0.29) is 31.2 Å². The van der Waals surface area contributed by atoms with Gasteiger partial charge in [-0.25, -0.2) is 18.4 Å². The van der Waals surface area contributed by atoms with Crippen LogP contribution < -0.4 is 14.2 Å². The molecule has 3 amide bonds. The highest BCUT2D eigenvalue weighted by atomic mass is 35.5. The van der Waals surface area contributed by atoms with Crippen LogP contribution in [0.1, 0.15) is 64.0 Å². The second-order valence-corrected chi connectivity index (χ2v) is 17.9. The number of thiazole rings is 1. The van der Waals surface area contributed by atoms with Crippen LogP contribution in [-0.4, -0.2) is 90.0 Å². The van der Waals surface area contributed by atoms with Crippen LogP contribution in [0.4, 0.5) is 0 Å². The van der Waals surface area contributed by atoms with Crippen LogP contribution in [0, 0.1) is 11.3 Å². The molecule has 15 heteroatoms. The van der Waals surface area contributed by atoms with Gasteiger partial charge in [0.2, 0.25) is 27.7 Å². The third-order valence-corrected chi connectivity index (χ3v) is 14.3. The Kier molecular flexibility index (Phi) is 9.62. The molecule has 3 fully saturated rings. The number of fused-ring (bicyclic) bond motifs is 3. The van der Waals surface area contributed by atoms with Gasteiger partial charge in [0.05, 0.1) is 35.0 Å². The van der Waals surface area contributed by atoms with Crippen molar-refractivity contribution in [2.45, 2.75) is 75.2 Å². The van der Waals surface area contributed by atoms with Gasteiger partial charge >= 0.3 is 0 Å². The molecule has 0 bridgehead atoms. The highest BCUT2D eigenvalue weighted by Gasteiger charge is 2.62. The van der Waals surface area contributed by atoms with E-state index in [0.29, 0.717) is 69.6 Å². The topological polar surface area (TPSA) is 148 Å². The number of halogens is 1. The van der Waals surface area contributed by atoms with Gasteiger partial charge in [-0.05, 0) is 69.6 Å². The lowest BCUT2D eigenvalue weighted by Gasteiger charge is -2.29. The van der Waals surface area contributed by atoms with Crippen molar-refractivity contribution in [2.75, 3.05) is 27.2 Å². The third kappa shape index (κ3) is 6.69. The summed E-state index contributed by atoms with van der Waals surface area (Å²) in [5.74, 6) is -0.668. The first kappa shape index (κ1) is 36.4. The van der Waals surface area contributed by atoms with E-state index in [1.807, 2.05) is 17.5 Å². The molecule has 276 valence electrons. The van der Waals surface area contributed by atoms with Crippen LogP contribution in [0.5, 0.6) is 11.5 Å². The van der Waals surface area contributed by atoms with E-state index in [1.165, 1.54) is 23.3 Å². The molecule has 1 saturated heterocycles. The minimum atomic E-state index is -3.91. The number of carbonyl (C=O) groups is 3. The summed E-state index contributed by atoms with van der Waals surface area (Å²) >= 11 is 8.16. The summed E-state index contributed by atoms with van der Waals surface area (Å²) in [6, 6.07) is 4.47. The monoisotopic (exact) mass is 767 g/mol. The maximum atomic E-state index is 14.3. The zero-order valence-electron chi connectivity index (χ0n) is 29.4. The van der Waals surface area contributed by atoms with Gasteiger partial charge in [-0.15, -0.1) is 11.3 Å². The maximum absolute atomic E-state index is 14.3. The summed E-state index contributed by atoms with van der Waals surface area (Å²) in [7, 11) is -0.654. The van der Waals surface area contributed by atoms with E-state index in [4.69, 9.17) is 26.1 Å². The molecule has 1 aromatic carbocycles. The van der Waals surface area contributed by atoms with Gasteiger partial charge in [0.1, 0.15) is 39.4 Å². The van der Waals surface area contributed by atoms with Crippen molar-refractivity contribution in [2.24, 2.45) is 11.3 Å². The van der Waals surface area contributed by atoms with Gasteiger partial charge < -0.3 is 19.3 Å². The molecule has 52 heavy (non-hydrogen) atoms. The number of ether oxygens (including phenoxy) is 2. The van der Waals surface area contributed by atoms with Crippen molar-refractivity contribution in [1.29, 1.82) is 0 Å². The van der Waals surface area contributed by atoms with Crippen LogP contribution in [0.3, 0.4) is 0 Å². The molecular weight excluding hydrogens is 726 g/mol. The van der Waals surface area contributed by atoms with Crippen molar-refractivity contribution < 1.29 is 32.3 Å². The summed E-state index contributed by atoms with van der Waals surface area (Å²) in [5, 5.41) is 3.42. The average Bonchev–Trinajstić information content (AvgIpc) is 3.90. The number of pyridine rings is 1. The summed E-state index contributed by atoms with van der Waals surface area (Å²) in [6.45, 7) is 6.04. The number of rotatable bonds is 8. The SMILES string of the molecule is C=Cc1csc(-c2cc(O[C@H]3C[C@H]4C(=O)N(C)CCCC/C=C\[C@@H]5C[C@@]5(C(=O)NS(=O)(=O)C5(C)CC5)CC(=O)N4C3)c3ccc(OC)c(Cl)c3n2)n1. The number of amides is 3. The fourth-order valence-electron chi connectivity index (χ4n) is 7.17. The zero-order chi connectivity index (χ0) is 37.0. The number of likely N-dealkylation sites (N-methyl/N-ethyl adjacent to an activating group) is 1. The van der Waals surface area contributed by atoms with Crippen molar-refractivity contribution in [3.8, 4) is 22.2 Å². The first-order chi connectivity index (χ1) is 24.8. The molecule has 4 aliphatic rings. The number of hydrogen-bond donors (Lipinski definition) is 1. The first-order valence-electron chi connectivity index (χ1n) is 17.5. The van der Waals surface area contributed by atoms with Crippen molar-refractivity contribution >= 4 is 67.7 Å². The lowest BCUT2D eigenvalue weighted by atomic mass is 9.96. The van der Waals surface area contributed by atoms with Gasteiger partial charge in [0, 0.05) is 43.3 Å². The molecule has 3 aromatic rings. The minimum absolute atomic E-state index is 0.0819. The Bertz CT molecular complexity index is 2100. The molecule has 4 heterocycles. The van der Waals surface area contributed by atoms with Crippen LogP contribution in [-0.2, 0) is 24.4 Å². The third-order valence-electron chi connectivity index (χ3n) is 10.9. The molecule has 1 N–H and O–H groups in total. The number of allylic oxidation sites excluding steroid dienone is 2. The predicted octanol–water partition coefficient (Wildman–Crippen LogP) is 5.61. The van der Waals surface area contributed by atoms with Crippen LogP contribution in [0.2, 0.25) is 5.02 Å². The molecule has 0 spiro atoms. The quantitative estimate of drug-likeness (QED) is 0.289. The molecule has 0 unspecified atom stereocenters. The molecule has 7 rings (SSSR count). The summed E-state index contributed by atoms with van der Waals surface area (Å²) < 4.78 is 39.7. The Labute approximate surface area is 312 Å². The zero-order valence-corrected chi connectivity index (χ0v) is 31.8. The lowest BCUT2D eigenvalue weighted by Crippen LogP contribution is -2.49. The molecule has 2 aromatic heterocycles. The maximum Gasteiger partial charge on any atom is 0.245 e. The number of hydrogen-bond acceptors (Lipinski definition) is 10. The fourth-order valence-corrected chi connectivity index (χ4v) is 9.56. The summed E-state index contributed by atoms with van der Waals surface area (Å²) in [5.41, 5.74) is 0.447. The van der Waals surface area contributed by atoms with Crippen molar-refractivity contribution in [3.05, 3.63) is 53.0 Å². The van der Waals surface area contributed by atoms with E-state index >= 15 is 0 Å². The van der Waals surface area contributed by atoms with Gasteiger partial charge in [-0.3, -0.25) is 19.1 Å². The van der Waals surface area contributed by atoms with E-state index in [1.54, 1.807) is 43.1 Å². The van der Waals surface area contributed by atoms with Gasteiger partial charge in [0.15, 0.2) is 0 Å². The standard InChI is InChI=1S/C37H42ClN5O7S2/c1-5-23-21-51-33(39-23)26-17-29(25-11-12-28(49-4)31(38)32(25)40-26)50-24-16-27-34(45)42(3)15-9-7-6-8-10-22-18-37(22,19-30(44)43(27)20-24)35(46)41-52(47,48)36(2)13-14-36/h5,8,10-12,17,21-22,24,27H,1,6-7,9,13-16,18-20H2,2-4H3,(H,41,46)/b10-8-/t22-,24+,27+,37-/m1/s1. The molecular formula is C37H42ClN5O7S2. The van der Waals surface area contributed by atoms with Gasteiger partial charge in [0.25, 0.3) is 0 Å². The largest absolute Gasteiger partial charge is 0.495 e. The van der Waals surface area contributed by atoms with E-state index in [2.05, 4.69) is 16.3 Å². The Balaban J connectivity index is 1.21. The van der Waals surface area contributed by atoms with Crippen LogP contribution in [0.15, 0.2) is 42.3 Å². The molecule has 4 atom stereocenters. The summed E-state index contributed by atoms with van der Waals surface area (Å²) in [6.07, 6.45) is 8.63. The Morgan fingerprint density at radius 3 is 2.69 bits per heavy atom. The second-order valence-electron chi connectivity index (χ2n) is 14.5. The Hall–Kier alpha value is -4.01. The van der Waals surface area contributed by atoms with Gasteiger partial charge in [-0.1, -0.05) is 30.3 Å². The summed E-state index contributed by atoms with van der Waals surface area (Å²) in [4.78, 5) is 54.7. The smallest absolute Gasteiger partial charge is 0.245 e. The van der Waals surface area contributed by atoms with Crippen molar-refractivity contribution in [3.63, 3.8) is 0 Å². The fraction of sp³-hybridized carbons (Fsp3) is 0.486. The number of nitrogens with one attached hydrogen (secondary N) is 1. The van der Waals surface area contributed by atoms with E-state index in [9.17, 15) is 22.8 Å². The molecule has 2 saturated carbocycles. The van der Waals surface area contributed by atoms with Crippen LogP contribution in [0.25, 0.3) is 27.7 Å². The molecule has 0 radical (unpaired) electrons. The number of aromatic nitrogens is 2.